The number of carbonyl (C=O) groups is 1. The Bertz CT molecular complexity index is 917. The Morgan fingerprint density at radius 3 is 2.48 bits per heavy atom. The maximum atomic E-state index is 12.9. The second kappa shape index (κ2) is 5.88. The molecule has 1 saturated carbocycles. The van der Waals surface area contributed by atoms with E-state index in [2.05, 4.69) is 29.6 Å². The molecule has 2 aliphatic rings. The molecular weight excluding hydrogens is 334 g/mol. The van der Waals surface area contributed by atoms with Crippen molar-refractivity contribution in [2.75, 3.05) is 5.01 Å². The van der Waals surface area contributed by atoms with Crippen LogP contribution in [0.3, 0.4) is 0 Å². The number of carbonyl (C=O) groups excluding carboxylic acids is 1. The summed E-state index contributed by atoms with van der Waals surface area (Å²) in [6.07, 6.45) is 4.46. The summed E-state index contributed by atoms with van der Waals surface area (Å²) in [5, 5.41) is 6.52. The highest BCUT2D eigenvalue weighted by Gasteiger charge is 2.30. The van der Waals surface area contributed by atoms with Crippen LogP contribution in [0.5, 0.6) is 0 Å². The lowest BCUT2D eigenvalue weighted by atomic mass is 10.1. The lowest BCUT2D eigenvalue weighted by Crippen LogP contribution is -2.21. The number of amides is 1. The number of nitrogens with zero attached hydrogens (tertiary/aromatic N) is 3. The van der Waals surface area contributed by atoms with Crippen molar-refractivity contribution in [1.82, 2.24) is 4.57 Å². The van der Waals surface area contributed by atoms with E-state index in [4.69, 9.17) is 11.6 Å². The molecule has 4 nitrogen and oxygen atoms in total. The Morgan fingerprint density at radius 2 is 1.84 bits per heavy atom. The van der Waals surface area contributed by atoms with E-state index in [1.807, 2.05) is 13.0 Å². The number of anilines is 1. The topological polar surface area (TPSA) is 37.6 Å². The van der Waals surface area contributed by atoms with Gasteiger partial charge in [0.2, 0.25) is 0 Å². The van der Waals surface area contributed by atoms with Gasteiger partial charge in [-0.1, -0.05) is 11.6 Å². The zero-order chi connectivity index (χ0) is 17.7. The summed E-state index contributed by atoms with van der Waals surface area (Å²) in [5.41, 5.74) is 5.67. The molecule has 1 aromatic heterocycles. The molecule has 0 radical (unpaired) electrons. The van der Waals surface area contributed by atoms with E-state index < -0.39 is 0 Å². The predicted molar refractivity (Wildman–Crippen MR) is 102 cm³/mol. The van der Waals surface area contributed by atoms with E-state index in [9.17, 15) is 4.79 Å². The SMILES string of the molecule is CC1=NN(c2ccc(Cl)cc2)C(=O)/C1=C\c1cc(C)n(C2CC2)c1C. The van der Waals surface area contributed by atoms with Gasteiger partial charge in [-0.3, -0.25) is 4.79 Å². The van der Waals surface area contributed by atoms with Crippen LogP contribution in [0.25, 0.3) is 6.08 Å². The maximum absolute atomic E-state index is 12.9. The number of hydrogen-bond acceptors (Lipinski definition) is 2. The average molecular weight is 354 g/mol. The van der Waals surface area contributed by atoms with Gasteiger partial charge in [-0.05, 0) is 75.6 Å². The fourth-order valence-electron chi connectivity index (χ4n) is 3.44. The molecule has 4 rings (SSSR count). The minimum absolute atomic E-state index is 0.101. The van der Waals surface area contributed by atoms with Crippen molar-refractivity contribution in [3.63, 3.8) is 0 Å². The first kappa shape index (κ1) is 16.2. The first-order chi connectivity index (χ1) is 12.0. The highest BCUT2D eigenvalue weighted by atomic mass is 35.5. The first-order valence-corrected chi connectivity index (χ1v) is 8.89. The van der Waals surface area contributed by atoms with Gasteiger partial charge in [-0.25, -0.2) is 0 Å². The third-order valence-corrected chi connectivity index (χ3v) is 5.12. The van der Waals surface area contributed by atoms with Gasteiger partial charge in [0.25, 0.3) is 5.91 Å². The maximum Gasteiger partial charge on any atom is 0.280 e. The van der Waals surface area contributed by atoms with Crippen LogP contribution >= 0.6 is 11.6 Å². The van der Waals surface area contributed by atoms with E-state index in [1.54, 1.807) is 24.3 Å². The highest BCUT2D eigenvalue weighted by Crippen LogP contribution is 2.39. The molecule has 2 heterocycles. The van der Waals surface area contributed by atoms with Gasteiger partial charge in [0.1, 0.15) is 0 Å². The second-order valence-electron chi connectivity index (χ2n) is 6.76. The van der Waals surface area contributed by atoms with Crippen LogP contribution in [0, 0.1) is 13.8 Å². The van der Waals surface area contributed by atoms with Crippen LogP contribution < -0.4 is 5.01 Å². The Hall–Kier alpha value is -2.33. The van der Waals surface area contributed by atoms with Crippen LogP contribution in [0.15, 0.2) is 41.0 Å². The van der Waals surface area contributed by atoms with Crippen LogP contribution in [0.4, 0.5) is 5.69 Å². The molecule has 0 saturated heterocycles. The Balaban J connectivity index is 1.68. The van der Waals surface area contributed by atoms with Gasteiger partial charge in [0.05, 0.1) is 17.0 Å². The summed E-state index contributed by atoms with van der Waals surface area (Å²) in [6, 6.07) is 9.93. The van der Waals surface area contributed by atoms with Gasteiger partial charge in [-0.15, -0.1) is 0 Å². The van der Waals surface area contributed by atoms with Crippen LogP contribution in [-0.2, 0) is 4.79 Å². The summed E-state index contributed by atoms with van der Waals surface area (Å²) in [5.74, 6) is -0.101. The highest BCUT2D eigenvalue weighted by molar-refractivity contribution is 6.32. The lowest BCUT2D eigenvalue weighted by Gasteiger charge is -2.11. The molecule has 0 N–H and O–H groups in total. The molecule has 0 bridgehead atoms. The molecule has 0 atom stereocenters. The van der Waals surface area contributed by atoms with E-state index >= 15 is 0 Å². The average Bonchev–Trinajstić information content (AvgIpc) is 3.31. The van der Waals surface area contributed by atoms with Crippen molar-refractivity contribution >= 4 is 35.0 Å². The largest absolute Gasteiger partial charge is 0.346 e. The normalized spacial score (nSPS) is 19.0. The molecule has 1 aromatic carbocycles. The minimum atomic E-state index is -0.101. The number of hydrogen-bond donors (Lipinski definition) is 0. The summed E-state index contributed by atoms with van der Waals surface area (Å²) in [6.45, 7) is 6.13. The van der Waals surface area contributed by atoms with Crippen LogP contribution in [-0.4, -0.2) is 16.2 Å². The number of benzene rings is 1. The zero-order valence-corrected chi connectivity index (χ0v) is 15.3. The van der Waals surface area contributed by atoms with E-state index in [0.717, 1.165) is 17.0 Å². The number of aryl methyl sites for hydroxylation is 1. The molecule has 0 spiro atoms. The third-order valence-electron chi connectivity index (χ3n) is 4.87. The van der Waals surface area contributed by atoms with E-state index in [-0.39, 0.29) is 5.91 Å². The summed E-state index contributed by atoms with van der Waals surface area (Å²) in [4.78, 5) is 12.9. The Kier molecular flexibility index (Phi) is 3.80. The molecule has 1 amide bonds. The van der Waals surface area contributed by atoms with Gasteiger partial charge >= 0.3 is 0 Å². The molecular formula is C20H20ClN3O. The van der Waals surface area contributed by atoms with Crippen molar-refractivity contribution < 1.29 is 4.79 Å². The Morgan fingerprint density at radius 1 is 1.16 bits per heavy atom. The van der Waals surface area contributed by atoms with Crippen LogP contribution in [0.2, 0.25) is 5.02 Å². The molecule has 1 fully saturated rings. The quantitative estimate of drug-likeness (QED) is 0.723. The molecule has 5 heteroatoms. The van der Waals surface area contributed by atoms with Crippen molar-refractivity contribution in [3.8, 4) is 0 Å². The molecule has 128 valence electrons. The van der Waals surface area contributed by atoms with E-state index in [0.29, 0.717) is 16.6 Å². The first-order valence-electron chi connectivity index (χ1n) is 8.51. The van der Waals surface area contributed by atoms with Crippen molar-refractivity contribution in [1.29, 1.82) is 0 Å². The summed E-state index contributed by atoms with van der Waals surface area (Å²) >= 11 is 5.93. The minimum Gasteiger partial charge on any atom is -0.346 e. The van der Waals surface area contributed by atoms with Gasteiger partial charge in [0.15, 0.2) is 0 Å². The number of hydrazone groups is 1. The van der Waals surface area contributed by atoms with Gasteiger partial charge < -0.3 is 4.57 Å². The molecule has 0 unspecified atom stereocenters. The molecule has 1 aliphatic heterocycles. The van der Waals surface area contributed by atoms with Gasteiger partial charge in [0, 0.05) is 22.5 Å². The van der Waals surface area contributed by atoms with Crippen molar-refractivity contribution in [2.24, 2.45) is 5.10 Å². The molecule has 2 aromatic rings. The predicted octanol–water partition coefficient (Wildman–Crippen LogP) is 4.90. The number of rotatable bonds is 3. The number of aromatic nitrogens is 1. The standard InChI is InChI=1S/C20H20ClN3O/c1-12-10-15(14(3)23(12)17-8-9-17)11-19-13(2)22-24(20(19)25)18-6-4-16(21)5-7-18/h4-7,10-11,17H,8-9H2,1-3H3/b19-11-. The zero-order valence-electron chi connectivity index (χ0n) is 14.6. The monoisotopic (exact) mass is 353 g/mol. The lowest BCUT2D eigenvalue weighted by molar-refractivity contribution is -0.114. The fourth-order valence-corrected chi connectivity index (χ4v) is 3.57. The van der Waals surface area contributed by atoms with Gasteiger partial charge in [-0.2, -0.15) is 10.1 Å². The summed E-state index contributed by atoms with van der Waals surface area (Å²) in [7, 11) is 0. The molecule has 25 heavy (non-hydrogen) atoms. The van der Waals surface area contributed by atoms with Crippen molar-refractivity contribution in [2.45, 2.75) is 39.7 Å². The summed E-state index contributed by atoms with van der Waals surface area (Å²) < 4.78 is 2.38. The van der Waals surface area contributed by atoms with Crippen LogP contribution in [0.1, 0.15) is 42.8 Å². The molecule has 1 aliphatic carbocycles. The van der Waals surface area contributed by atoms with E-state index in [1.165, 1.54) is 29.2 Å². The second-order valence-corrected chi connectivity index (χ2v) is 7.20. The van der Waals surface area contributed by atoms with Crippen molar-refractivity contribution in [3.05, 3.63) is 57.9 Å². The smallest absolute Gasteiger partial charge is 0.280 e. The fraction of sp³-hybridized carbons (Fsp3) is 0.300. The Labute approximate surface area is 152 Å². The third kappa shape index (κ3) is 2.81. The number of halogens is 1.